The molecule has 6 rings (SSSR count). The van der Waals surface area contributed by atoms with E-state index in [0.717, 1.165) is 32.5 Å². The highest BCUT2D eigenvalue weighted by Crippen LogP contribution is 2.35. The fourth-order valence-electron chi connectivity index (χ4n) is 4.72. The summed E-state index contributed by atoms with van der Waals surface area (Å²) in [7, 11) is -3.91. The highest BCUT2D eigenvalue weighted by atomic mass is 32.2. The molecule has 0 N–H and O–H groups in total. The van der Waals surface area contributed by atoms with Gasteiger partial charge in [-0.3, -0.25) is 9.97 Å². The highest BCUT2D eigenvalue weighted by molar-refractivity contribution is 7.89. The van der Waals surface area contributed by atoms with Crippen molar-refractivity contribution in [2.24, 2.45) is 0 Å². The number of benzene rings is 2. The summed E-state index contributed by atoms with van der Waals surface area (Å²) < 4.78 is 56.7. The van der Waals surface area contributed by atoms with Crippen LogP contribution in [0.1, 0.15) is 22.5 Å². The van der Waals surface area contributed by atoms with Crippen molar-refractivity contribution in [3.63, 3.8) is 0 Å². The van der Waals surface area contributed by atoms with E-state index in [9.17, 15) is 8.42 Å². The molecule has 43 heavy (non-hydrogen) atoms. The molecule has 0 amide bonds. The number of sulfone groups is 1. The van der Waals surface area contributed by atoms with Gasteiger partial charge in [-0.1, -0.05) is 24.3 Å². The Morgan fingerprint density at radius 2 is 1.12 bits per heavy atom. The van der Waals surface area contributed by atoms with Gasteiger partial charge in [-0.15, -0.1) is 22.7 Å². The number of halogens is 2. The lowest BCUT2D eigenvalue weighted by molar-refractivity contribution is 0.581. The van der Waals surface area contributed by atoms with E-state index in [0.29, 0.717) is 22.5 Å². The summed E-state index contributed by atoms with van der Waals surface area (Å²) in [6.45, 7) is 3.79. The zero-order valence-corrected chi connectivity index (χ0v) is 25.5. The molecular formula is C32H24F2N4O2S3. The lowest BCUT2D eigenvalue weighted by Crippen LogP contribution is -2.10. The molecule has 4 heterocycles. The van der Waals surface area contributed by atoms with Crippen LogP contribution in [0.2, 0.25) is 0 Å². The lowest BCUT2D eigenvalue weighted by Gasteiger charge is -2.11. The molecular weight excluding hydrogens is 607 g/mol. The second kappa shape index (κ2) is 11.8. The standard InChI is InChI=1S/C32H24F2N4O2S3/c1-19-15-41-31(37-19)25-5-3-11-35-29(25)21-7-9-23(27(33)13-21)17-43(39,40)18-24-10-8-22(14-28(24)34)30-26(6-4-12-36-30)32-38-20(2)16-42-32/h3-16H,17-18H2,1-2H3. The van der Waals surface area contributed by atoms with Crippen LogP contribution in [0.15, 0.2) is 83.8 Å². The van der Waals surface area contributed by atoms with Crippen LogP contribution in [-0.4, -0.2) is 28.4 Å². The Morgan fingerprint density at radius 3 is 1.49 bits per heavy atom. The Kier molecular flexibility index (Phi) is 7.95. The third kappa shape index (κ3) is 6.29. The SMILES string of the molecule is Cc1csc(-c2cccnc2-c2ccc(CS(=O)(=O)Cc3ccc(-c4ncccc4-c4nc(C)cs4)cc3F)c(F)c2)n1. The van der Waals surface area contributed by atoms with Gasteiger partial charge in [0.25, 0.3) is 0 Å². The lowest BCUT2D eigenvalue weighted by atomic mass is 10.0. The maximum Gasteiger partial charge on any atom is 0.158 e. The average Bonchev–Trinajstić information content (AvgIpc) is 3.63. The normalized spacial score (nSPS) is 11.6. The van der Waals surface area contributed by atoms with Crippen molar-refractivity contribution < 1.29 is 17.2 Å². The van der Waals surface area contributed by atoms with Crippen LogP contribution < -0.4 is 0 Å². The molecule has 216 valence electrons. The van der Waals surface area contributed by atoms with Crippen LogP contribution in [0, 0.1) is 25.5 Å². The molecule has 0 saturated carbocycles. The number of aryl methyl sites for hydroxylation is 2. The number of hydrogen-bond acceptors (Lipinski definition) is 8. The molecule has 0 radical (unpaired) electrons. The number of thiazole rings is 2. The van der Waals surface area contributed by atoms with E-state index in [1.807, 2.05) is 36.7 Å². The van der Waals surface area contributed by atoms with E-state index >= 15 is 8.78 Å². The maximum atomic E-state index is 15.3. The molecule has 6 aromatic rings. The van der Waals surface area contributed by atoms with Crippen molar-refractivity contribution in [2.75, 3.05) is 0 Å². The monoisotopic (exact) mass is 630 g/mol. The first-order valence-corrected chi connectivity index (χ1v) is 16.8. The van der Waals surface area contributed by atoms with Gasteiger partial charge in [-0.2, -0.15) is 0 Å². The molecule has 6 nitrogen and oxygen atoms in total. The van der Waals surface area contributed by atoms with Gasteiger partial charge in [0, 0.05) is 67.9 Å². The van der Waals surface area contributed by atoms with Crippen LogP contribution in [0.5, 0.6) is 0 Å². The third-order valence-electron chi connectivity index (χ3n) is 6.72. The quantitative estimate of drug-likeness (QED) is 0.169. The summed E-state index contributed by atoms with van der Waals surface area (Å²) >= 11 is 2.94. The number of pyridine rings is 2. The Morgan fingerprint density at radius 1 is 0.674 bits per heavy atom. The van der Waals surface area contributed by atoms with Gasteiger partial charge in [-0.05, 0) is 50.2 Å². The van der Waals surface area contributed by atoms with Crippen molar-refractivity contribution in [1.82, 2.24) is 19.9 Å². The van der Waals surface area contributed by atoms with Crippen molar-refractivity contribution >= 4 is 32.5 Å². The molecule has 0 bridgehead atoms. The summed E-state index contributed by atoms with van der Waals surface area (Å²) in [4.78, 5) is 17.9. The fraction of sp³-hybridized carbons (Fsp3) is 0.125. The van der Waals surface area contributed by atoms with Crippen LogP contribution in [0.3, 0.4) is 0 Å². The van der Waals surface area contributed by atoms with E-state index < -0.39 is 33.0 Å². The first-order valence-electron chi connectivity index (χ1n) is 13.2. The topological polar surface area (TPSA) is 85.7 Å². The molecule has 0 unspecified atom stereocenters. The predicted molar refractivity (Wildman–Crippen MR) is 167 cm³/mol. The van der Waals surface area contributed by atoms with Gasteiger partial charge in [0.05, 0.1) is 22.9 Å². The molecule has 11 heteroatoms. The molecule has 4 aromatic heterocycles. The van der Waals surface area contributed by atoms with E-state index in [1.165, 1.54) is 46.9 Å². The first kappa shape index (κ1) is 28.9. The minimum atomic E-state index is -3.91. The zero-order chi connectivity index (χ0) is 30.1. The largest absolute Gasteiger partial charge is 0.256 e. The predicted octanol–water partition coefficient (Wildman–Crippen LogP) is 8.07. The summed E-state index contributed by atoms with van der Waals surface area (Å²) in [5.74, 6) is -2.50. The molecule has 0 spiro atoms. The van der Waals surface area contributed by atoms with Crippen molar-refractivity contribution in [1.29, 1.82) is 0 Å². The minimum Gasteiger partial charge on any atom is -0.256 e. The second-order valence-electron chi connectivity index (χ2n) is 10.0. The molecule has 0 saturated heterocycles. The van der Waals surface area contributed by atoms with E-state index in [-0.39, 0.29) is 11.1 Å². The molecule has 2 aromatic carbocycles. The van der Waals surface area contributed by atoms with E-state index in [4.69, 9.17) is 0 Å². The Hall–Kier alpha value is -4.19. The van der Waals surface area contributed by atoms with Gasteiger partial charge in [-0.25, -0.2) is 27.2 Å². The summed E-state index contributed by atoms with van der Waals surface area (Å²) in [6, 6.07) is 16.0. The fourth-order valence-corrected chi connectivity index (χ4v) is 7.88. The third-order valence-corrected chi connectivity index (χ3v) is 10.2. The van der Waals surface area contributed by atoms with Gasteiger partial charge in [0.2, 0.25) is 0 Å². The molecule has 0 aliphatic rings. The summed E-state index contributed by atoms with van der Waals surface area (Å²) in [5.41, 5.74) is 5.38. The Balaban J connectivity index is 1.22. The average molecular weight is 631 g/mol. The van der Waals surface area contributed by atoms with Crippen LogP contribution >= 0.6 is 22.7 Å². The Labute approximate surface area is 255 Å². The van der Waals surface area contributed by atoms with Gasteiger partial charge < -0.3 is 0 Å². The zero-order valence-electron chi connectivity index (χ0n) is 23.1. The highest BCUT2D eigenvalue weighted by Gasteiger charge is 2.21. The maximum absolute atomic E-state index is 15.3. The molecule has 0 aliphatic heterocycles. The minimum absolute atomic E-state index is 0.000205. The van der Waals surface area contributed by atoms with Crippen molar-refractivity contribution in [3.8, 4) is 43.7 Å². The van der Waals surface area contributed by atoms with Crippen LogP contribution in [0.4, 0.5) is 8.78 Å². The number of nitrogens with zero attached hydrogens (tertiary/aromatic N) is 4. The first-order chi connectivity index (χ1) is 20.7. The van der Waals surface area contributed by atoms with Crippen LogP contribution in [0.25, 0.3) is 43.7 Å². The molecule has 0 aliphatic carbocycles. The van der Waals surface area contributed by atoms with Gasteiger partial charge >= 0.3 is 0 Å². The number of aromatic nitrogens is 4. The van der Waals surface area contributed by atoms with E-state index in [2.05, 4.69) is 19.9 Å². The van der Waals surface area contributed by atoms with Gasteiger partial charge in [0.1, 0.15) is 21.6 Å². The molecule has 0 atom stereocenters. The number of hydrogen-bond donors (Lipinski definition) is 0. The van der Waals surface area contributed by atoms with Crippen LogP contribution in [-0.2, 0) is 21.3 Å². The summed E-state index contributed by atoms with van der Waals surface area (Å²) in [6.07, 6.45) is 3.23. The van der Waals surface area contributed by atoms with E-state index in [1.54, 1.807) is 36.7 Å². The smallest absolute Gasteiger partial charge is 0.158 e. The van der Waals surface area contributed by atoms with Gasteiger partial charge in [0.15, 0.2) is 9.84 Å². The number of rotatable bonds is 8. The molecule has 0 fully saturated rings. The van der Waals surface area contributed by atoms with Crippen molar-refractivity contribution in [2.45, 2.75) is 25.4 Å². The Bertz CT molecular complexity index is 1930. The summed E-state index contributed by atoms with van der Waals surface area (Å²) in [5, 5.41) is 5.38. The van der Waals surface area contributed by atoms with Crippen molar-refractivity contribution in [3.05, 3.63) is 118 Å². The second-order valence-corrected chi connectivity index (χ2v) is 13.8.